The molecule has 1 unspecified atom stereocenters. The van der Waals surface area contributed by atoms with Gasteiger partial charge >= 0.3 is 0 Å². The van der Waals surface area contributed by atoms with Gasteiger partial charge in [0.2, 0.25) is 11.1 Å². The molecular formula is C22H19BrN4OS. The van der Waals surface area contributed by atoms with Gasteiger partial charge < -0.3 is 5.32 Å². The monoisotopic (exact) mass is 466 g/mol. The first kappa shape index (κ1) is 18.6. The Morgan fingerprint density at radius 1 is 1.10 bits per heavy atom. The number of carbonyl (C=O) groups excluding carboxylic acids is 1. The molecule has 1 aromatic heterocycles. The van der Waals surface area contributed by atoms with Gasteiger partial charge in [-0.2, -0.15) is 4.98 Å². The van der Waals surface area contributed by atoms with Crippen LogP contribution in [0.15, 0.2) is 75.5 Å². The summed E-state index contributed by atoms with van der Waals surface area (Å²) in [4.78, 5) is 17.6. The van der Waals surface area contributed by atoms with Gasteiger partial charge in [0.15, 0.2) is 5.78 Å². The molecule has 5 nitrogen and oxygen atoms in total. The fourth-order valence-electron chi connectivity index (χ4n) is 3.87. The van der Waals surface area contributed by atoms with Crippen molar-refractivity contribution in [1.29, 1.82) is 0 Å². The number of hydrogen-bond acceptors (Lipinski definition) is 5. The van der Waals surface area contributed by atoms with Gasteiger partial charge in [0, 0.05) is 27.9 Å². The van der Waals surface area contributed by atoms with Crippen molar-refractivity contribution in [3.8, 4) is 0 Å². The average Bonchev–Trinajstić information content (AvgIpc) is 3.15. The van der Waals surface area contributed by atoms with E-state index in [9.17, 15) is 4.79 Å². The number of rotatable bonds is 4. The Labute approximate surface area is 181 Å². The van der Waals surface area contributed by atoms with Crippen LogP contribution < -0.4 is 5.32 Å². The molecule has 2 heterocycles. The van der Waals surface area contributed by atoms with Crippen molar-refractivity contribution in [3.63, 3.8) is 0 Å². The van der Waals surface area contributed by atoms with Crippen LogP contribution in [0.4, 0.5) is 5.95 Å². The average molecular weight is 467 g/mol. The third kappa shape index (κ3) is 3.65. The lowest BCUT2D eigenvalue weighted by Crippen LogP contribution is -2.31. The molecule has 0 saturated carbocycles. The van der Waals surface area contributed by atoms with Crippen LogP contribution in [0, 0.1) is 0 Å². The number of hydrogen-bond donors (Lipinski definition) is 1. The van der Waals surface area contributed by atoms with Crippen molar-refractivity contribution in [2.45, 2.75) is 36.2 Å². The summed E-state index contributed by atoms with van der Waals surface area (Å²) in [7, 11) is 0. The highest BCUT2D eigenvalue weighted by Crippen LogP contribution is 2.40. The standard InChI is InChI=1S/C22H19BrN4OS/c23-16-11-9-15(10-12-16)20-19-17(7-4-8-18(19)28)24-21-25-22(26-27(20)21)29-13-14-5-2-1-3-6-14/h1-3,5-6,9-12,20H,4,7-8,13H2,(H,24,25,26). The van der Waals surface area contributed by atoms with E-state index in [0.717, 1.165) is 39.9 Å². The summed E-state index contributed by atoms with van der Waals surface area (Å²) in [6, 6.07) is 18.2. The van der Waals surface area contributed by atoms with E-state index in [0.29, 0.717) is 17.5 Å². The van der Waals surface area contributed by atoms with E-state index >= 15 is 0 Å². The molecule has 1 aliphatic carbocycles. The first-order valence-electron chi connectivity index (χ1n) is 9.61. The molecule has 1 aliphatic heterocycles. The van der Waals surface area contributed by atoms with Crippen LogP contribution in [-0.4, -0.2) is 20.5 Å². The van der Waals surface area contributed by atoms with Crippen molar-refractivity contribution < 1.29 is 4.79 Å². The van der Waals surface area contributed by atoms with Crippen LogP contribution in [0.2, 0.25) is 0 Å². The number of ketones is 1. The van der Waals surface area contributed by atoms with Gasteiger partial charge in [-0.05, 0) is 36.1 Å². The number of nitrogens with one attached hydrogen (secondary N) is 1. The minimum absolute atomic E-state index is 0.200. The van der Waals surface area contributed by atoms with Gasteiger partial charge in [-0.3, -0.25) is 4.79 Å². The number of benzene rings is 2. The molecule has 1 atom stereocenters. The topological polar surface area (TPSA) is 59.8 Å². The van der Waals surface area contributed by atoms with E-state index < -0.39 is 0 Å². The Balaban J connectivity index is 1.52. The van der Waals surface area contributed by atoms with E-state index in [4.69, 9.17) is 10.1 Å². The first-order chi connectivity index (χ1) is 14.2. The van der Waals surface area contributed by atoms with Crippen LogP contribution >= 0.6 is 27.7 Å². The summed E-state index contributed by atoms with van der Waals surface area (Å²) >= 11 is 5.11. The highest BCUT2D eigenvalue weighted by Gasteiger charge is 2.36. The van der Waals surface area contributed by atoms with Gasteiger partial charge in [0.25, 0.3) is 0 Å². The maximum Gasteiger partial charge on any atom is 0.227 e. The predicted molar refractivity (Wildman–Crippen MR) is 118 cm³/mol. The van der Waals surface area contributed by atoms with Gasteiger partial charge in [0.1, 0.15) is 6.04 Å². The molecule has 0 bridgehead atoms. The molecule has 29 heavy (non-hydrogen) atoms. The summed E-state index contributed by atoms with van der Waals surface area (Å²) in [6.45, 7) is 0. The van der Waals surface area contributed by atoms with Crippen molar-refractivity contribution in [1.82, 2.24) is 14.8 Å². The maximum absolute atomic E-state index is 12.8. The number of fused-ring (bicyclic) bond motifs is 1. The van der Waals surface area contributed by atoms with Gasteiger partial charge in [-0.1, -0.05) is 70.2 Å². The molecule has 0 radical (unpaired) electrons. The molecule has 2 aromatic carbocycles. The van der Waals surface area contributed by atoms with E-state index in [1.165, 1.54) is 5.56 Å². The van der Waals surface area contributed by atoms with E-state index in [1.54, 1.807) is 11.8 Å². The van der Waals surface area contributed by atoms with Crippen molar-refractivity contribution in [2.24, 2.45) is 0 Å². The van der Waals surface area contributed by atoms with Crippen molar-refractivity contribution in [3.05, 3.63) is 81.5 Å². The Hall–Kier alpha value is -2.38. The zero-order chi connectivity index (χ0) is 19.8. The molecular weight excluding hydrogens is 448 g/mol. The lowest BCUT2D eigenvalue weighted by Gasteiger charge is -2.32. The van der Waals surface area contributed by atoms with Crippen LogP contribution in [-0.2, 0) is 10.5 Å². The summed E-state index contributed by atoms with van der Waals surface area (Å²) in [5.41, 5.74) is 4.10. The Morgan fingerprint density at radius 3 is 2.69 bits per heavy atom. The molecule has 2 aliphatic rings. The highest BCUT2D eigenvalue weighted by atomic mass is 79.9. The molecule has 5 rings (SSSR count). The number of Topliss-reactive ketones (excluding diaryl/α,β-unsaturated/α-hetero) is 1. The van der Waals surface area contributed by atoms with Crippen LogP contribution in [0.25, 0.3) is 0 Å². The van der Waals surface area contributed by atoms with Crippen LogP contribution in [0.1, 0.15) is 36.4 Å². The second kappa shape index (κ2) is 7.80. The van der Waals surface area contributed by atoms with E-state index in [1.807, 2.05) is 35.0 Å². The molecule has 146 valence electrons. The second-order valence-corrected chi connectivity index (χ2v) is 9.04. The number of anilines is 1. The Morgan fingerprint density at radius 2 is 1.90 bits per heavy atom. The quantitative estimate of drug-likeness (QED) is 0.524. The third-order valence-electron chi connectivity index (χ3n) is 5.25. The number of thioether (sulfide) groups is 1. The molecule has 0 fully saturated rings. The van der Waals surface area contributed by atoms with Gasteiger partial charge in [-0.25, -0.2) is 4.68 Å². The summed E-state index contributed by atoms with van der Waals surface area (Å²) in [5, 5.41) is 8.88. The summed E-state index contributed by atoms with van der Waals surface area (Å²) < 4.78 is 2.88. The van der Waals surface area contributed by atoms with Crippen molar-refractivity contribution >= 4 is 39.4 Å². The fraction of sp³-hybridized carbons (Fsp3) is 0.227. The predicted octanol–water partition coefficient (Wildman–Crippen LogP) is 5.35. The molecule has 7 heteroatoms. The van der Waals surface area contributed by atoms with Gasteiger partial charge in [-0.15, -0.1) is 5.10 Å². The molecule has 0 saturated heterocycles. The lowest BCUT2D eigenvalue weighted by atomic mass is 9.85. The van der Waals surface area contributed by atoms with Gasteiger partial charge in [0.05, 0.1) is 0 Å². The zero-order valence-corrected chi connectivity index (χ0v) is 18.0. The second-order valence-electron chi connectivity index (χ2n) is 7.18. The van der Waals surface area contributed by atoms with E-state index in [2.05, 4.69) is 45.5 Å². The molecule has 3 aromatic rings. The number of aromatic nitrogens is 3. The highest BCUT2D eigenvalue weighted by molar-refractivity contribution is 9.10. The first-order valence-corrected chi connectivity index (χ1v) is 11.4. The number of nitrogens with zero attached hydrogens (tertiary/aromatic N) is 3. The van der Waals surface area contributed by atoms with Crippen LogP contribution in [0.5, 0.6) is 0 Å². The summed E-state index contributed by atoms with van der Waals surface area (Å²) in [6.07, 6.45) is 2.34. The zero-order valence-electron chi connectivity index (χ0n) is 15.6. The number of carbonyl (C=O) groups is 1. The SMILES string of the molecule is O=C1CCCC2=C1C(c1ccc(Br)cc1)n1nc(SCc3ccccc3)nc1N2. The van der Waals surface area contributed by atoms with Crippen molar-refractivity contribution in [2.75, 3.05) is 5.32 Å². The smallest absolute Gasteiger partial charge is 0.227 e. The maximum atomic E-state index is 12.8. The number of allylic oxidation sites excluding steroid dienone is 2. The lowest BCUT2D eigenvalue weighted by molar-refractivity contribution is -0.116. The summed E-state index contributed by atoms with van der Waals surface area (Å²) in [5.74, 6) is 1.72. The van der Waals surface area contributed by atoms with Crippen LogP contribution in [0.3, 0.4) is 0 Å². The minimum Gasteiger partial charge on any atom is -0.328 e. The minimum atomic E-state index is -0.235. The normalized spacial score (nSPS) is 18.2. The molecule has 0 amide bonds. The number of halogens is 1. The Kier molecular flexibility index (Phi) is 5.01. The molecule has 0 spiro atoms. The molecule has 1 N–H and O–H groups in total. The Bertz CT molecular complexity index is 1090. The largest absolute Gasteiger partial charge is 0.328 e. The third-order valence-corrected chi connectivity index (χ3v) is 6.68. The van der Waals surface area contributed by atoms with E-state index in [-0.39, 0.29) is 11.8 Å². The fourth-order valence-corrected chi connectivity index (χ4v) is 4.92.